The Kier molecular flexibility index (Phi) is 5.24. The van der Waals surface area contributed by atoms with Gasteiger partial charge in [0.15, 0.2) is 0 Å². The van der Waals surface area contributed by atoms with Gasteiger partial charge in [-0.05, 0) is 30.7 Å². The molecular weight excluding hydrogens is 240 g/mol. The van der Waals surface area contributed by atoms with Crippen molar-refractivity contribution in [2.45, 2.75) is 45.6 Å². The van der Waals surface area contributed by atoms with Crippen LogP contribution in [0.2, 0.25) is 0 Å². The van der Waals surface area contributed by atoms with Crippen molar-refractivity contribution < 1.29 is 4.79 Å². The first-order chi connectivity index (χ1) is 9.28. The monoisotopic (exact) mass is 264 g/mol. The highest BCUT2D eigenvalue weighted by Crippen LogP contribution is 2.29. The molecule has 1 saturated carbocycles. The molecule has 1 heterocycles. The van der Waals surface area contributed by atoms with Crippen molar-refractivity contribution in [3.63, 3.8) is 0 Å². The molecule has 0 unspecified atom stereocenters. The number of hydrogen-bond acceptors (Lipinski definition) is 2. The first-order valence-corrected chi connectivity index (χ1v) is 7.28. The van der Waals surface area contributed by atoms with E-state index < -0.39 is 0 Å². The van der Waals surface area contributed by atoms with Crippen molar-refractivity contribution in [2.24, 2.45) is 11.8 Å². The van der Waals surface area contributed by atoms with E-state index in [0.29, 0.717) is 12.5 Å². The van der Waals surface area contributed by atoms with Crippen molar-refractivity contribution in [1.29, 1.82) is 0 Å². The second-order valence-corrected chi connectivity index (χ2v) is 5.44. The van der Waals surface area contributed by atoms with E-state index >= 15 is 0 Å². The number of carbonyl (C=O) groups excluding carboxylic acids is 1. The van der Waals surface area contributed by atoms with Crippen LogP contribution in [0.4, 0.5) is 4.79 Å². The van der Waals surface area contributed by atoms with Crippen molar-refractivity contribution in [3.8, 4) is 0 Å². The van der Waals surface area contributed by atoms with Crippen LogP contribution in [0.5, 0.6) is 0 Å². The van der Waals surface area contributed by atoms with Crippen molar-refractivity contribution in [2.75, 3.05) is 6.54 Å². The third-order valence-electron chi connectivity index (χ3n) is 4.09. The maximum Gasteiger partial charge on any atom is 0.315 e. The molecule has 0 aliphatic heterocycles. The third-order valence-corrected chi connectivity index (χ3v) is 4.09. The molecular formula is C14H24N4O. The fourth-order valence-corrected chi connectivity index (χ4v) is 2.70. The van der Waals surface area contributed by atoms with Crippen LogP contribution >= 0.6 is 0 Å². The topological polar surface area (TPSA) is 69.8 Å². The van der Waals surface area contributed by atoms with E-state index in [1.54, 1.807) is 6.20 Å². The highest BCUT2D eigenvalue weighted by Gasteiger charge is 2.20. The van der Waals surface area contributed by atoms with E-state index in [-0.39, 0.29) is 6.03 Å². The largest absolute Gasteiger partial charge is 0.338 e. The van der Waals surface area contributed by atoms with Gasteiger partial charge in [-0.1, -0.05) is 26.2 Å². The number of urea groups is 1. The number of carbonyl (C=O) groups is 1. The summed E-state index contributed by atoms with van der Waals surface area (Å²) >= 11 is 0. The summed E-state index contributed by atoms with van der Waals surface area (Å²) in [6.45, 7) is 3.56. The van der Waals surface area contributed by atoms with E-state index in [4.69, 9.17) is 0 Å². The molecule has 0 bridgehead atoms. The summed E-state index contributed by atoms with van der Waals surface area (Å²) in [5.74, 6) is 1.56. The van der Waals surface area contributed by atoms with Crippen LogP contribution in [-0.2, 0) is 6.54 Å². The quantitative estimate of drug-likeness (QED) is 0.764. The Bertz CT molecular complexity index is 369. The normalized spacial score (nSPS) is 23.0. The number of H-pyrrole nitrogens is 1. The Morgan fingerprint density at radius 1 is 1.32 bits per heavy atom. The maximum atomic E-state index is 11.6. The van der Waals surface area contributed by atoms with Crippen LogP contribution in [-0.4, -0.2) is 22.8 Å². The molecule has 1 aliphatic carbocycles. The zero-order valence-corrected chi connectivity index (χ0v) is 11.6. The van der Waals surface area contributed by atoms with Gasteiger partial charge in [0, 0.05) is 12.7 Å². The van der Waals surface area contributed by atoms with E-state index in [1.165, 1.54) is 32.1 Å². The Morgan fingerprint density at radius 2 is 2.05 bits per heavy atom. The molecule has 2 rings (SSSR count). The molecule has 5 heteroatoms. The highest BCUT2D eigenvalue weighted by atomic mass is 16.2. The molecule has 0 spiro atoms. The molecule has 0 saturated heterocycles. The van der Waals surface area contributed by atoms with Gasteiger partial charge in [-0.3, -0.25) is 5.10 Å². The number of nitrogens with zero attached hydrogens (tertiary/aromatic N) is 1. The Labute approximate surface area is 114 Å². The molecule has 1 fully saturated rings. The SMILES string of the molecule is CCC1CCC(CNC(=O)NCc2ccn[nH]2)CC1. The second-order valence-electron chi connectivity index (χ2n) is 5.44. The van der Waals surface area contributed by atoms with E-state index in [9.17, 15) is 4.79 Å². The van der Waals surface area contributed by atoms with Gasteiger partial charge in [-0.25, -0.2) is 4.79 Å². The molecule has 0 radical (unpaired) electrons. The fourth-order valence-electron chi connectivity index (χ4n) is 2.70. The van der Waals surface area contributed by atoms with E-state index in [0.717, 1.165) is 18.2 Å². The van der Waals surface area contributed by atoms with Gasteiger partial charge >= 0.3 is 6.03 Å². The lowest BCUT2D eigenvalue weighted by Gasteiger charge is -2.27. The number of nitrogens with one attached hydrogen (secondary N) is 3. The number of hydrogen-bond donors (Lipinski definition) is 3. The second kappa shape index (κ2) is 7.16. The Morgan fingerprint density at radius 3 is 2.68 bits per heavy atom. The fraction of sp³-hybridized carbons (Fsp3) is 0.714. The molecule has 3 N–H and O–H groups in total. The third kappa shape index (κ3) is 4.58. The average Bonchev–Trinajstić information content (AvgIpc) is 2.96. The Balaban J connectivity index is 1.59. The average molecular weight is 264 g/mol. The van der Waals surface area contributed by atoms with Crippen LogP contribution in [0.3, 0.4) is 0 Å². The molecule has 106 valence electrons. The first-order valence-electron chi connectivity index (χ1n) is 7.28. The highest BCUT2D eigenvalue weighted by molar-refractivity contribution is 5.73. The number of aromatic amines is 1. The number of aromatic nitrogens is 2. The van der Waals surface area contributed by atoms with Gasteiger partial charge in [0.05, 0.1) is 12.2 Å². The zero-order valence-electron chi connectivity index (χ0n) is 11.6. The molecule has 1 aromatic rings. The zero-order chi connectivity index (χ0) is 13.5. The summed E-state index contributed by atoms with van der Waals surface area (Å²) in [5.41, 5.74) is 0.915. The van der Waals surface area contributed by atoms with Crippen LogP contribution in [0.25, 0.3) is 0 Å². The van der Waals surface area contributed by atoms with Crippen molar-refractivity contribution in [1.82, 2.24) is 20.8 Å². The molecule has 1 aromatic heterocycles. The predicted octanol–water partition coefficient (Wildman–Crippen LogP) is 2.43. The Hall–Kier alpha value is -1.52. The maximum absolute atomic E-state index is 11.6. The summed E-state index contributed by atoms with van der Waals surface area (Å²) in [5, 5.41) is 12.4. The van der Waals surface area contributed by atoms with Crippen molar-refractivity contribution >= 4 is 6.03 Å². The molecule has 1 aliphatic rings. The lowest BCUT2D eigenvalue weighted by atomic mass is 9.81. The number of amides is 2. The smallest absolute Gasteiger partial charge is 0.315 e. The van der Waals surface area contributed by atoms with Gasteiger partial charge in [0.1, 0.15) is 0 Å². The molecule has 2 amide bonds. The van der Waals surface area contributed by atoms with E-state index in [1.807, 2.05) is 6.07 Å². The minimum absolute atomic E-state index is 0.0905. The van der Waals surface area contributed by atoms with Gasteiger partial charge in [0.2, 0.25) is 0 Å². The summed E-state index contributed by atoms with van der Waals surface area (Å²) in [7, 11) is 0. The minimum atomic E-state index is -0.0905. The summed E-state index contributed by atoms with van der Waals surface area (Å²) in [6.07, 6.45) is 8.11. The first kappa shape index (κ1) is 13.9. The van der Waals surface area contributed by atoms with Crippen LogP contribution in [0, 0.1) is 11.8 Å². The summed E-state index contributed by atoms with van der Waals surface area (Å²) < 4.78 is 0. The van der Waals surface area contributed by atoms with E-state index in [2.05, 4.69) is 27.8 Å². The minimum Gasteiger partial charge on any atom is -0.338 e. The van der Waals surface area contributed by atoms with Crippen molar-refractivity contribution in [3.05, 3.63) is 18.0 Å². The van der Waals surface area contributed by atoms with Gasteiger partial charge in [-0.2, -0.15) is 5.10 Å². The van der Waals surface area contributed by atoms with Gasteiger partial charge in [0.25, 0.3) is 0 Å². The lowest BCUT2D eigenvalue weighted by molar-refractivity contribution is 0.229. The molecule has 19 heavy (non-hydrogen) atoms. The molecule has 0 aromatic carbocycles. The van der Waals surface area contributed by atoms with Gasteiger partial charge < -0.3 is 10.6 Å². The van der Waals surface area contributed by atoms with Crippen LogP contribution < -0.4 is 10.6 Å². The van der Waals surface area contributed by atoms with Crippen LogP contribution in [0.15, 0.2) is 12.3 Å². The van der Waals surface area contributed by atoms with Gasteiger partial charge in [-0.15, -0.1) is 0 Å². The molecule has 5 nitrogen and oxygen atoms in total. The summed E-state index contributed by atoms with van der Waals surface area (Å²) in [6, 6.07) is 1.76. The summed E-state index contributed by atoms with van der Waals surface area (Å²) in [4.78, 5) is 11.6. The van der Waals surface area contributed by atoms with Crippen LogP contribution in [0.1, 0.15) is 44.7 Å². The standard InChI is InChI=1S/C14H24N4O/c1-2-11-3-5-12(6-4-11)9-15-14(19)16-10-13-7-8-17-18-13/h7-8,11-12H,2-6,9-10H2,1H3,(H,17,18)(H2,15,16,19). The lowest BCUT2D eigenvalue weighted by Crippen LogP contribution is -2.38. The molecule has 0 atom stereocenters. The number of rotatable bonds is 5. The predicted molar refractivity (Wildman–Crippen MR) is 74.6 cm³/mol.